The molecule has 1 atom stereocenters. The molecule has 100 valence electrons. The van der Waals surface area contributed by atoms with E-state index in [9.17, 15) is 4.39 Å². The summed E-state index contributed by atoms with van der Waals surface area (Å²) in [6.45, 7) is 1.95. The number of hydrogen-bond donors (Lipinski definition) is 2. The van der Waals surface area contributed by atoms with Gasteiger partial charge in [0.05, 0.1) is 17.4 Å². The maximum Gasteiger partial charge on any atom is 0.128 e. The largest absolute Gasteiger partial charge is 0.397 e. The van der Waals surface area contributed by atoms with E-state index in [2.05, 4.69) is 0 Å². The lowest BCUT2D eigenvalue weighted by atomic mass is 10.1. The van der Waals surface area contributed by atoms with Crippen molar-refractivity contribution in [1.29, 1.82) is 0 Å². The average molecular weight is 259 g/mol. The first-order valence-corrected chi connectivity index (χ1v) is 6.13. The molecule has 19 heavy (non-hydrogen) atoms. The first-order chi connectivity index (χ1) is 9.00. The molecule has 0 aliphatic rings. The number of anilines is 3. The average Bonchev–Trinajstić information content (AvgIpc) is 2.41. The maximum atomic E-state index is 13.8. The van der Waals surface area contributed by atoms with Crippen LogP contribution in [-0.2, 0) is 0 Å². The van der Waals surface area contributed by atoms with Crippen LogP contribution in [0, 0.1) is 5.82 Å². The van der Waals surface area contributed by atoms with Crippen LogP contribution < -0.4 is 16.4 Å². The Morgan fingerprint density at radius 2 is 1.74 bits per heavy atom. The third-order valence-electron chi connectivity index (χ3n) is 3.41. The molecule has 2 aromatic carbocycles. The summed E-state index contributed by atoms with van der Waals surface area (Å²) in [6, 6.07) is 12.1. The zero-order valence-corrected chi connectivity index (χ0v) is 11.1. The van der Waals surface area contributed by atoms with Crippen LogP contribution in [-0.4, -0.2) is 7.05 Å². The van der Waals surface area contributed by atoms with E-state index < -0.39 is 0 Å². The summed E-state index contributed by atoms with van der Waals surface area (Å²) in [5.41, 5.74) is 14.1. The van der Waals surface area contributed by atoms with Gasteiger partial charge in [0.1, 0.15) is 5.82 Å². The van der Waals surface area contributed by atoms with Crippen molar-refractivity contribution >= 4 is 17.1 Å². The van der Waals surface area contributed by atoms with Crippen molar-refractivity contribution in [3.05, 3.63) is 53.8 Å². The Labute approximate surface area is 112 Å². The second-order valence-corrected chi connectivity index (χ2v) is 4.62. The summed E-state index contributed by atoms with van der Waals surface area (Å²) in [5.74, 6) is -0.203. The van der Waals surface area contributed by atoms with Crippen molar-refractivity contribution in [2.75, 3.05) is 23.4 Å². The van der Waals surface area contributed by atoms with Gasteiger partial charge in [-0.3, -0.25) is 0 Å². The van der Waals surface area contributed by atoms with Gasteiger partial charge < -0.3 is 16.4 Å². The predicted molar refractivity (Wildman–Crippen MR) is 78.5 cm³/mol. The minimum atomic E-state index is -0.203. The lowest BCUT2D eigenvalue weighted by Crippen LogP contribution is -2.22. The second kappa shape index (κ2) is 5.18. The number of nitrogen functional groups attached to an aromatic ring is 2. The summed E-state index contributed by atoms with van der Waals surface area (Å²) in [4.78, 5) is 1.97. The van der Waals surface area contributed by atoms with E-state index in [1.54, 1.807) is 24.3 Å². The molecule has 1 unspecified atom stereocenters. The van der Waals surface area contributed by atoms with E-state index in [1.165, 1.54) is 6.07 Å². The van der Waals surface area contributed by atoms with Gasteiger partial charge in [0.25, 0.3) is 0 Å². The molecule has 4 N–H and O–H groups in total. The van der Waals surface area contributed by atoms with Crippen molar-refractivity contribution in [1.82, 2.24) is 0 Å². The van der Waals surface area contributed by atoms with Crippen LogP contribution in [0.4, 0.5) is 21.5 Å². The fourth-order valence-corrected chi connectivity index (χ4v) is 2.03. The van der Waals surface area contributed by atoms with Gasteiger partial charge in [-0.15, -0.1) is 0 Å². The molecule has 0 bridgehead atoms. The first-order valence-electron chi connectivity index (χ1n) is 6.13. The monoisotopic (exact) mass is 259 g/mol. The van der Waals surface area contributed by atoms with Crippen LogP contribution >= 0.6 is 0 Å². The summed E-state index contributed by atoms with van der Waals surface area (Å²) in [7, 11) is 1.90. The molecule has 0 aromatic heterocycles. The van der Waals surface area contributed by atoms with Crippen molar-refractivity contribution in [3.8, 4) is 0 Å². The fraction of sp³-hybridized carbons (Fsp3) is 0.200. The van der Waals surface area contributed by atoms with Crippen molar-refractivity contribution in [2.24, 2.45) is 0 Å². The first kappa shape index (κ1) is 13.2. The quantitative estimate of drug-likeness (QED) is 0.832. The van der Waals surface area contributed by atoms with E-state index in [1.807, 2.05) is 31.0 Å². The maximum absolute atomic E-state index is 13.8. The Kier molecular flexibility index (Phi) is 3.60. The Bertz CT molecular complexity index is 583. The van der Waals surface area contributed by atoms with Crippen LogP contribution in [0.5, 0.6) is 0 Å². The molecular formula is C15H18FN3. The molecule has 3 nitrogen and oxygen atoms in total. The molecule has 0 saturated heterocycles. The number of hydrogen-bond acceptors (Lipinski definition) is 3. The van der Waals surface area contributed by atoms with Gasteiger partial charge in [-0.05, 0) is 31.2 Å². The fourth-order valence-electron chi connectivity index (χ4n) is 2.03. The summed E-state index contributed by atoms with van der Waals surface area (Å²) >= 11 is 0. The van der Waals surface area contributed by atoms with Crippen molar-refractivity contribution in [2.45, 2.75) is 13.0 Å². The highest BCUT2D eigenvalue weighted by molar-refractivity contribution is 5.70. The molecule has 0 fully saturated rings. The van der Waals surface area contributed by atoms with E-state index >= 15 is 0 Å². The lowest BCUT2D eigenvalue weighted by Gasteiger charge is -2.28. The van der Waals surface area contributed by atoms with Gasteiger partial charge in [-0.2, -0.15) is 0 Å². The molecule has 0 aliphatic carbocycles. The van der Waals surface area contributed by atoms with Crippen molar-refractivity contribution in [3.63, 3.8) is 0 Å². The number of nitrogens with two attached hydrogens (primary N) is 2. The highest BCUT2D eigenvalue weighted by atomic mass is 19.1. The molecule has 0 spiro atoms. The normalized spacial score (nSPS) is 12.2. The molecule has 0 aliphatic heterocycles. The van der Waals surface area contributed by atoms with Gasteiger partial charge in [0, 0.05) is 18.3 Å². The number of halogens is 1. The second-order valence-electron chi connectivity index (χ2n) is 4.62. The van der Waals surface area contributed by atoms with E-state index in [0.29, 0.717) is 16.9 Å². The minimum Gasteiger partial charge on any atom is -0.397 e. The van der Waals surface area contributed by atoms with Gasteiger partial charge in [-0.25, -0.2) is 4.39 Å². The smallest absolute Gasteiger partial charge is 0.128 e. The molecular weight excluding hydrogens is 241 g/mol. The Hall–Kier alpha value is -2.23. The van der Waals surface area contributed by atoms with Crippen LogP contribution in [0.3, 0.4) is 0 Å². The minimum absolute atomic E-state index is 0.0933. The van der Waals surface area contributed by atoms with Crippen molar-refractivity contribution < 1.29 is 4.39 Å². The van der Waals surface area contributed by atoms with E-state index in [-0.39, 0.29) is 11.9 Å². The number of nitrogens with zero attached hydrogens (tertiary/aromatic N) is 1. The van der Waals surface area contributed by atoms with Crippen LogP contribution in [0.15, 0.2) is 42.5 Å². The zero-order chi connectivity index (χ0) is 14.0. The van der Waals surface area contributed by atoms with Crippen LogP contribution in [0.2, 0.25) is 0 Å². The lowest BCUT2D eigenvalue weighted by molar-refractivity contribution is 0.585. The summed E-state index contributed by atoms with van der Waals surface area (Å²) in [5, 5.41) is 0. The van der Waals surface area contributed by atoms with E-state index in [0.717, 1.165) is 5.69 Å². The third kappa shape index (κ3) is 2.62. The predicted octanol–water partition coefficient (Wildman–Crippen LogP) is 3.19. The molecule has 0 saturated carbocycles. The third-order valence-corrected chi connectivity index (χ3v) is 3.41. The molecule has 2 rings (SSSR count). The molecule has 0 amide bonds. The van der Waals surface area contributed by atoms with Crippen LogP contribution in [0.25, 0.3) is 0 Å². The number of benzene rings is 2. The van der Waals surface area contributed by atoms with Gasteiger partial charge in [-0.1, -0.05) is 18.2 Å². The Morgan fingerprint density at radius 3 is 2.37 bits per heavy atom. The van der Waals surface area contributed by atoms with Gasteiger partial charge >= 0.3 is 0 Å². The Balaban J connectivity index is 2.31. The standard InChI is InChI=1S/C15H18FN3/c1-10(12-5-3-4-6-13(12)16)19(2)11-7-8-14(17)15(18)9-11/h3-10H,17-18H2,1-2H3. The number of rotatable bonds is 3. The molecule has 2 aromatic rings. The zero-order valence-electron chi connectivity index (χ0n) is 11.1. The summed E-state index contributed by atoms with van der Waals surface area (Å²) in [6.07, 6.45) is 0. The highest BCUT2D eigenvalue weighted by Gasteiger charge is 2.16. The molecule has 4 heteroatoms. The topological polar surface area (TPSA) is 55.3 Å². The van der Waals surface area contributed by atoms with E-state index in [4.69, 9.17) is 11.5 Å². The molecule has 0 radical (unpaired) electrons. The van der Waals surface area contributed by atoms with Gasteiger partial charge in [0.2, 0.25) is 0 Å². The van der Waals surface area contributed by atoms with Gasteiger partial charge in [0.15, 0.2) is 0 Å². The Morgan fingerprint density at radius 1 is 1.05 bits per heavy atom. The SMILES string of the molecule is CC(c1ccccc1F)N(C)c1ccc(N)c(N)c1. The molecule has 0 heterocycles. The van der Waals surface area contributed by atoms with Crippen LogP contribution in [0.1, 0.15) is 18.5 Å². The highest BCUT2D eigenvalue weighted by Crippen LogP contribution is 2.29. The summed E-state index contributed by atoms with van der Waals surface area (Å²) < 4.78 is 13.8.